The highest BCUT2D eigenvalue weighted by Crippen LogP contribution is 2.55. The standard InChI is InChI=1S/C20H22INO7/c1-27-18(25)14-9-20-12(7-16(23)29-20)17(24)13(21)8-15(20)22(14)19(26)28-10-11-5-3-2-4-6-11/h2-6,12-15,17,24H,7-10H2,1H3/t12-,13+,14+,15-,17+,20-/m1/s1. The highest BCUT2D eigenvalue weighted by atomic mass is 127. The summed E-state index contributed by atoms with van der Waals surface area (Å²) in [6.07, 6.45) is -0.858. The topological polar surface area (TPSA) is 102 Å². The molecule has 1 N–H and O–H groups in total. The molecule has 2 saturated heterocycles. The molecule has 1 amide bonds. The molecule has 0 bridgehead atoms. The van der Waals surface area contributed by atoms with Gasteiger partial charge in [-0.25, -0.2) is 9.59 Å². The minimum Gasteiger partial charge on any atom is -0.467 e. The Hall–Kier alpha value is -1.88. The van der Waals surface area contributed by atoms with E-state index in [4.69, 9.17) is 14.2 Å². The van der Waals surface area contributed by atoms with Gasteiger partial charge in [-0.2, -0.15) is 0 Å². The first-order valence-corrected chi connectivity index (χ1v) is 10.7. The van der Waals surface area contributed by atoms with Crippen molar-refractivity contribution in [2.75, 3.05) is 7.11 Å². The average Bonchev–Trinajstić information content (AvgIpc) is 3.23. The van der Waals surface area contributed by atoms with E-state index in [1.165, 1.54) is 12.0 Å². The maximum absolute atomic E-state index is 13.0. The Morgan fingerprint density at radius 3 is 2.76 bits per heavy atom. The summed E-state index contributed by atoms with van der Waals surface area (Å²) < 4.78 is 15.9. The number of ether oxygens (including phenoxy) is 3. The number of methoxy groups -OCH3 is 1. The zero-order chi connectivity index (χ0) is 20.8. The fraction of sp³-hybridized carbons (Fsp3) is 0.550. The van der Waals surface area contributed by atoms with Gasteiger partial charge in [0.1, 0.15) is 18.2 Å². The molecule has 1 spiro atoms. The van der Waals surface area contributed by atoms with E-state index in [9.17, 15) is 19.5 Å². The van der Waals surface area contributed by atoms with E-state index < -0.39 is 47.7 Å². The minimum atomic E-state index is -1.09. The van der Waals surface area contributed by atoms with Crippen LogP contribution in [0.3, 0.4) is 0 Å². The molecule has 2 aliphatic heterocycles. The van der Waals surface area contributed by atoms with Crippen LogP contribution >= 0.6 is 22.6 Å². The maximum atomic E-state index is 13.0. The number of alkyl halides is 1. The molecule has 6 atom stereocenters. The molecule has 1 aromatic carbocycles. The first-order valence-electron chi connectivity index (χ1n) is 9.48. The summed E-state index contributed by atoms with van der Waals surface area (Å²) in [5.41, 5.74) is -0.275. The molecule has 0 aromatic heterocycles. The normalized spacial score (nSPS) is 35.5. The molecule has 3 fully saturated rings. The van der Waals surface area contributed by atoms with Gasteiger partial charge < -0.3 is 19.3 Å². The summed E-state index contributed by atoms with van der Waals surface area (Å²) in [5, 5.41) is 10.7. The van der Waals surface area contributed by atoms with E-state index in [0.717, 1.165) is 5.56 Å². The van der Waals surface area contributed by atoms with E-state index in [0.29, 0.717) is 6.42 Å². The molecule has 0 unspecified atom stereocenters. The van der Waals surface area contributed by atoms with Gasteiger partial charge in [0.25, 0.3) is 0 Å². The van der Waals surface area contributed by atoms with Gasteiger partial charge in [0.05, 0.1) is 25.7 Å². The second-order valence-electron chi connectivity index (χ2n) is 7.69. The van der Waals surface area contributed by atoms with Gasteiger partial charge in [-0.3, -0.25) is 9.69 Å². The molecule has 2 heterocycles. The number of aliphatic hydroxyl groups excluding tert-OH is 1. The number of nitrogens with zero attached hydrogens (tertiary/aromatic N) is 1. The molecule has 1 aromatic rings. The monoisotopic (exact) mass is 515 g/mol. The van der Waals surface area contributed by atoms with Crippen molar-refractivity contribution < 1.29 is 33.7 Å². The van der Waals surface area contributed by atoms with Crippen molar-refractivity contribution in [3.8, 4) is 0 Å². The Morgan fingerprint density at radius 2 is 2.07 bits per heavy atom. The largest absolute Gasteiger partial charge is 0.467 e. The van der Waals surface area contributed by atoms with Crippen molar-refractivity contribution in [3.05, 3.63) is 35.9 Å². The smallest absolute Gasteiger partial charge is 0.411 e. The number of hydrogen-bond acceptors (Lipinski definition) is 7. The van der Waals surface area contributed by atoms with Crippen LogP contribution < -0.4 is 0 Å². The first-order chi connectivity index (χ1) is 13.9. The lowest BCUT2D eigenvalue weighted by Gasteiger charge is -2.45. The number of amides is 1. The fourth-order valence-electron chi connectivity index (χ4n) is 4.89. The zero-order valence-electron chi connectivity index (χ0n) is 15.8. The maximum Gasteiger partial charge on any atom is 0.411 e. The number of carbonyl (C=O) groups is 3. The minimum absolute atomic E-state index is 0.0588. The lowest BCUT2D eigenvalue weighted by Crippen LogP contribution is -2.60. The lowest BCUT2D eigenvalue weighted by atomic mass is 9.70. The van der Waals surface area contributed by atoms with Gasteiger partial charge in [-0.15, -0.1) is 0 Å². The van der Waals surface area contributed by atoms with Crippen molar-refractivity contribution in [2.45, 2.75) is 53.6 Å². The zero-order valence-corrected chi connectivity index (χ0v) is 18.0. The Labute approximate surface area is 181 Å². The van der Waals surface area contributed by atoms with Crippen LogP contribution in [0.5, 0.6) is 0 Å². The molecular formula is C20H22INO7. The summed E-state index contributed by atoms with van der Waals surface area (Å²) in [7, 11) is 1.25. The second kappa shape index (κ2) is 7.75. The molecule has 1 saturated carbocycles. The van der Waals surface area contributed by atoms with Crippen LogP contribution in [-0.4, -0.2) is 62.9 Å². The highest BCUT2D eigenvalue weighted by Gasteiger charge is 2.69. The lowest BCUT2D eigenvalue weighted by molar-refractivity contribution is -0.156. The second-order valence-corrected chi connectivity index (χ2v) is 9.29. The van der Waals surface area contributed by atoms with Crippen molar-refractivity contribution in [1.29, 1.82) is 0 Å². The van der Waals surface area contributed by atoms with Crippen LogP contribution in [0.15, 0.2) is 30.3 Å². The van der Waals surface area contributed by atoms with Crippen molar-refractivity contribution in [3.63, 3.8) is 0 Å². The molecule has 4 rings (SSSR count). The van der Waals surface area contributed by atoms with Crippen LogP contribution in [0.4, 0.5) is 4.79 Å². The van der Waals surface area contributed by atoms with Crippen LogP contribution in [0.1, 0.15) is 24.8 Å². The summed E-state index contributed by atoms with van der Waals surface area (Å²) in [4.78, 5) is 39.1. The van der Waals surface area contributed by atoms with Gasteiger partial charge in [0, 0.05) is 16.3 Å². The van der Waals surface area contributed by atoms with Crippen LogP contribution in [0.2, 0.25) is 0 Å². The Bertz CT molecular complexity index is 818. The number of hydrogen-bond donors (Lipinski definition) is 1. The average molecular weight is 515 g/mol. The number of rotatable bonds is 3. The van der Waals surface area contributed by atoms with Gasteiger partial charge in [-0.05, 0) is 12.0 Å². The van der Waals surface area contributed by atoms with Crippen LogP contribution in [-0.2, 0) is 30.4 Å². The van der Waals surface area contributed by atoms with Crippen molar-refractivity contribution in [2.24, 2.45) is 5.92 Å². The third-order valence-corrected chi connectivity index (χ3v) is 7.43. The number of esters is 2. The van der Waals surface area contributed by atoms with Gasteiger partial charge in [0.15, 0.2) is 0 Å². The predicted octanol–water partition coefficient (Wildman–Crippen LogP) is 1.81. The number of halogens is 1. The first kappa shape index (κ1) is 20.4. The number of benzene rings is 1. The molecule has 9 heteroatoms. The van der Waals surface area contributed by atoms with E-state index in [-0.39, 0.29) is 23.4 Å². The summed E-state index contributed by atoms with van der Waals surface area (Å²) in [6.45, 7) is 0.0588. The predicted molar refractivity (Wildman–Crippen MR) is 108 cm³/mol. The van der Waals surface area contributed by atoms with E-state index in [1.54, 1.807) is 0 Å². The quantitative estimate of drug-likeness (QED) is 0.284. The summed E-state index contributed by atoms with van der Waals surface area (Å²) in [5.74, 6) is -1.49. The van der Waals surface area contributed by atoms with Gasteiger partial charge in [-0.1, -0.05) is 52.9 Å². The molecule has 29 heavy (non-hydrogen) atoms. The third-order valence-electron chi connectivity index (χ3n) is 6.19. The molecule has 0 radical (unpaired) electrons. The van der Waals surface area contributed by atoms with Crippen molar-refractivity contribution in [1.82, 2.24) is 4.90 Å². The van der Waals surface area contributed by atoms with E-state index in [1.807, 2.05) is 30.3 Å². The van der Waals surface area contributed by atoms with Gasteiger partial charge in [0.2, 0.25) is 0 Å². The van der Waals surface area contributed by atoms with Crippen LogP contribution in [0, 0.1) is 5.92 Å². The SMILES string of the molecule is COC(=O)[C@@H]1C[C@@]23OC(=O)C[C@@H]2[C@H](O)[C@@H](I)C[C@H]3N1C(=O)OCc1ccccc1. The molecule has 156 valence electrons. The number of likely N-dealkylation sites (tertiary alicyclic amines) is 1. The van der Waals surface area contributed by atoms with E-state index >= 15 is 0 Å². The summed E-state index contributed by atoms with van der Waals surface area (Å²) >= 11 is 2.13. The number of carbonyl (C=O) groups excluding carboxylic acids is 3. The molecule has 1 aliphatic carbocycles. The molecule has 8 nitrogen and oxygen atoms in total. The number of aliphatic hydroxyl groups is 1. The van der Waals surface area contributed by atoms with Crippen LogP contribution in [0.25, 0.3) is 0 Å². The van der Waals surface area contributed by atoms with Gasteiger partial charge >= 0.3 is 18.0 Å². The molecular weight excluding hydrogens is 493 g/mol. The third kappa shape index (κ3) is 3.37. The summed E-state index contributed by atoms with van der Waals surface area (Å²) in [6, 6.07) is 7.73. The Balaban J connectivity index is 1.64. The fourth-order valence-corrected chi connectivity index (χ4v) is 5.87. The van der Waals surface area contributed by atoms with Crippen molar-refractivity contribution >= 4 is 40.6 Å². The molecule has 3 aliphatic rings. The van der Waals surface area contributed by atoms with E-state index in [2.05, 4.69) is 22.6 Å². The Morgan fingerprint density at radius 1 is 1.34 bits per heavy atom. The Kier molecular flexibility index (Phi) is 5.45. The highest BCUT2D eigenvalue weighted by molar-refractivity contribution is 14.1.